The molecule has 0 fully saturated rings. The number of anilines is 1. The number of nitrogens with one attached hydrogen (secondary N) is 1. The van der Waals surface area contributed by atoms with Gasteiger partial charge in [0.2, 0.25) is 5.91 Å². The normalized spacial score (nSPS) is 11.6. The topological polar surface area (TPSA) is 46.2 Å². The molecule has 0 aliphatic carbocycles. The van der Waals surface area contributed by atoms with Gasteiger partial charge >= 0.3 is 0 Å². The van der Waals surface area contributed by atoms with E-state index in [1.807, 2.05) is 60.7 Å². The largest absolute Gasteiger partial charge is 0.325 e. The van der Waals surface area contributed by atoms with E-state index in [4.69, 9.17) is 0 Å². The predicted molar refractivity (Wildman–Crippen MR) is 107 cm³/mol. The minimum atomic E-state index is -0.369. The molecule has 0 aliphatic heterocycles. The molecule has 130 valence electrons. The van der Waals surface area contributed by atoms with Crippen molar-refractivity contribution in [1.82, 2.24) is 0 Å². The lowest BCUT2D eigenvalue weighted by molar-refractivity contribution is -0.115. The van der Waals surface area contributed by atoms with Gasteiger partial charge in [-0.2, -0.15) is 0 Å². The molecule has 1 amide bonds. The van der Waals surface area contributed by atoms with E-state index in [1.54, 1.807) is 24.3 Å². The first-order valence-electron chi connectivity index (χ1n) is 8.32. The maximum absolute atomic E-state index is 12.9. The average Bonchev–Trinajstić information content (AvgIpc) is 2.68. The third-order valence-corrected chi connectivity index (χ3v) is 5.16. The van der Waals surface area contributed by atoms with Crippen molar-refractivity contribution < 1.29 is 9.59 Å². The van der Waals surface area contributed by atoms with E-state index in [2.05, 4.69) is 5.32 Å². The zero-order chi connectivity index (χ0) is 18.4. The molecule has 0 aromatic heterocycles. The van der Waals surface area contributed by atoms with Crippen LogP contribution in [0.25, 0.3) is 0 Å². The minimum absolute atomic E-state index is 0.00433. The van der Waals surface area contributed by atoms with Crippen LogP contribution in [-0.2, 0) is 4.79 Å². The van der Waals surface area contributed by atoms with Crippen LogP contribution in [0.2, 0.25) is 0 Å². The van der Waals surface area contributed by atoms with E-state index < -0.39 is 0 Å². The first-order chi connectivity index (χ1) is 12.6. The molecule has 3 aromatic carbocycles. The van der Waals surface area contributed by atoms with Crippen LogP contribution >= 0.6 is 11.8 Å². The maximum atomic E-state index is 12.9. The van der Waals surface area contributed by atoms with Crippen molar-refractivity contribution in [2.24, 2.45) is 0 Å². The molecule has 0 saturated carbocycles. The third kappa shape index (κ3) is 4.61. The molecule has 0 saturated heterocycles. The van der Waals surface area contributed by atoms with Gasteiger partial charge in [0.25, 0.3) is 0 Å². The fourth-order valence-corrected chi connectivity index (χ4v) is 3.58. The standard InChI is InChI=1S/C22H19NO2S/c1-16(24)17-12-14-19(15-13-17)23-22(25)21(18-8-4-2-5-9-18)26-20-10-6-3-7-11-20/h2-15,21H,1H3,(H,23,25)/t21-/m0/s1. The summed E-state index contributed by atoms with van der Waals surface area (Å²) < 4.78 is 0. The Kier molecular flexibility index (Phi) is 5.87. The summed E-state index contributed by atoms with van der Waals surface area (Å²) in [6.45, 7) is 1.52. The van der Waals surface area contributed by atoms with Crippen LogP contribution in [0.4, 0.5) is 5.69 Å². The molecule has 26 heavy (non-hydrogen) atoms. The smallest absolute Gasteiger partial charge is 0.242 e. The van der Waals surface area contributed by atoms with Crippen LogP contribution < -0.4 is 5.32 Å². The second kappa shape index (κ2) is 8.50. The van der Waals surface area contributed by atoms with Gasteiger partial charge in [-0.15, -0.1) is 11.8 Å². The summed E-state index contributed by atoms with van der Waals surface area (Å²) >= 11 is 1.51. The van der Waals surface area contributed by atoms with Crippen molar-refractivity contribution in [2.75, 3.05) is 5.32 Å². The summed E-state index contributed by atoms with van der Waals surface area (Å²) in [6.07, 6.45) is 0. The highest BCUT2D eigenvalue weighted by atomic mass is 32.2. The van der Waals surface area contributed by atoms with Gasteiger partial charge in [-0.05, 0) is 48.9 Å². The van der Waals surface area contributed by atoms with Crippen LogP contribution in [0.1, 0.15) is 28.1 Å². The van der Waals surface area contributed by atoms with Gasteiger partial charge in [-0.25, -0.2) is 0 Å². The Morgan fingerprint density at radius 1 is 0.808 bits per heavy atom. The minimum Gasteiger partial charge on any atom is -0.325 e. The molecule has 1 atom stereocenters. The van der Waals surface area contributed by atoms with Gasteiger partial charge in [0.1, 0.15) is 5.25 Å². The molecule has 0 aliphatic rings. The van der Waals surface area contributed by atoms with Crippen molar-refractivity contribution in [3.05, 3.63) is 96.1 Å². The lowest BCUT2D eigenvalue weighted by Gasteiger charge is -2.17. The van der Waals surface area contributed by atoms with Crippen molar-refractivity contribution >= 4 is 29.1 Å². The van der Waals surface area contributed by atoms with E-state index in [9.17, 15) is 9.59 Å². The summed E-state index contributed by atoms with van der Waals surface area (Å²) in [7, 11) is 0. The summed E-state index contributed by atoms with van der Waals surface area (Å²) in [5.41, 5.74) is 2.25. The van der Waals surface area contributed by atoms with Crippen LogP contribution in [0.5, 0.6) is 0 Å². The van der Waals surface area contributed by atoms with Crippen LogP contribution in [0.3, 0.4) is 0 Å². The van der Waals surface area contributed by atoms with Gasteiger partial charge in [0, 0.05) is 16.1 Å². The number of carbonyl (C=O) groups is 2. The van der Waals surface area contributed by atoms with Crippen LogP contribution in [0.15, 0.2) is 89.8 Å². The summed E-state index contributed by atoms with van der Waals surface area (Å²) in [4.78, 5) is 25.4. The molecule has 4 heteroatoms. The molecule has 3 rings (SSSR count). The molecule has 0 radical (unpaired) electrons. The molecular formula is C22H19NO2S. The fraction of sp³-hybridized carbons (Fsp3) is 0.0909. The lowest BCUT2D eigenvalue weighted by atomic mass is 10.1. The first kappa shape index (κ1) is 18.0. The third-order valence-electron chi connectivity index (χ3n) is 3.90. The van der Waals surface area contributed by atoms with Crippen molar-refractivity contribution in [3.63, 3.8) is 0 Å². The summed E-state index contributed by atoms with van der Waals surface area (Å²) in [5.74, 6) is -0.0923. The Hall–Kier alpha value is -2.85. The van der Waals surface area contributed by atoms with E-state index in [0.717, 1.165) is 10.5 Å². The number of amides is 1. The Balaban J connectivity index is 1.81. The van der Waals surface area contributed by atoms with Crippen molar-refractivity contribution in [1.29, 1.82) is 0 Å². The highest BCUT2D eigenvalue weighted by Gasteiger charge is 2.22. The average molecular weight is 361 g/mol. The fourth-order valence-electron chi connectivity index (χ4n) is 2.53. The molecule has 1 N–H and O–H groups in total. The summed E-state index contributed by atoms with van der Waals surface area (Å²) in [5, 5.41) is 2.59. The van der Waals surface area contributed by atoms with E-state index in [-0.39, 0.29) is 16.9 Å². The molecule has 0 unspecified atom stereocenters. The first-order valence-corrected chi connectivity index (χ1v) is 9.20. The van der Waals surface area contributed by atoms with Gasteiger partial charge in [0.05, 0.1) is 0 Å². The second-order valence-electron chi connectivity index (χ2n) is 5.84. The zero-order valence-corrected chi connectivity index (χ0v) is 15.2. The molecule has 3 nitrogen and oxygen atoms in total. The second-order valence-corrected chi connectivity index (χ2v) is 7.02. The SMILES string of the molecule is CC(=O)c1ccc(NC(=O)[C@@H](Sc2ccccc2)c2ccccc2)cc1. The predicted octanol–water partition coefficient (Wildman–Crippen LogP) is 5.36. The maximum Gasteiger partial charge on any atom is 0.242 e. The molecule has 3 aromatic rings. The Bertz CT molecular complexity index is 877. The Morgan fingerprint density at radius 3 is 1.96 bits per heavy atom. The molecule has 0 bridgehead atoms. The molecule has 0 heterocycles. The number of hydrogen-bond donors (Lipinski definition) is 1. The highest BCUT2D eigenvalue weighted by Crippen LogP contribution is 2.36. The number of hydrogen-bond acceptors (Lipinski definition) is 3. The van der Waals surface area contributed by atoms with Gasteiger partial charge in [-0.1, -0.05) is 48.5 Å². The number of benzene rings is 3. The van der Waals surface area contributed by atoms with Crippen LogP contribution in [-0.4, -0.2) is 11.7 Å². The summed E-state index contributed by atoms with van der Waals surface area (Å²) in [6, 6.07) is 26.5. The number of ketones is 1. The Labute approximate surface area is 157 Å². The number of rotatable bonds is 6. The monoisotopic (exact) mass is 361 g/mol. The number of thioether (sulfide) groups is 1. The zero-order valence-electron chi connectivity index (χ0n) is 14.4. The number of carbonyl (C=O) groups excluding carboxylic acids is 2. The highest BCUT2D eigenvalue weighted by molar-refractivity contribution is 8.00. The van der Waals surface area contributed by atoms with Crippen LogP contribution in [0, 0.1) is 0 Å². The van der Waals surface area contributed by atoms with E-state index in [0.29, 0.717) is 11.3 Å². The Morgan fingerprint density at radius 2 is 1.38 bits per heavy atom. The van der Waals surface area contributed by atoms with Crippen molar-refractivity contribution in [3.8, 4) is 0 Å². The lowest BCUT2D eigenvalue weighted by Crippen LogP contribution is -2.19. The van der Waals surface area contributed by atoms with E-state index in [1.165, 1.54) is 18.7 Å². The van der Waals surface area contributed by atoms with E-state index >= 15 is 0 Å². The van der Waals surface area contributed by atoms with Crippen molar-refractivity contribution in [2.45, 2.75) is 17.1 Å². The molecule has 0 spiro atoms. The van der Waals surface area contributed by atoms with Gasteiger partial charge in [-0.3, -0.25) is 9.59 Å². The molecular weight excluding hydrogens is 342 g/mol. The van der Waals surface area contributed by atoms with Gasteiger partial charge in [0.15, 0.2) is 5.78 Å². The number of Topliss-reactive ketones (excluding diaryl/α,β-unsaturated/α-hetero) is 1. The quantitative estimate of drug-likeness (QED) is 0.475. The van der Waals surface area contributed by atoms with Gasteiger partial charge < -0.3 is 5.32 Å².